The summed E-state index contributed by atoms with van der Waals surface area (Å²) in [6.45, 7) is 11.9. The maximum Gasteiger partial charge on any atom is 0.331 e. The molecule has 6 heteroatoms. The lowest BCUT2D eigenvalue weighted by atomic mass is 10.1. The number of carbonyl (C=O) groups excluding carboxylic acids is 2. The number of fused-ring (bicyclic) bond motifs is 1. The van der Waals surface area contributed by atoms with Crippen LogP contribution in [0.25, 0.3) is 6.08 Å². The number of hydrogen-bond acceptors (Lipinski definition) is 5. The zero-order valence-corrected chi connectivity index (χ0v) is 17.7. The highest BCUT2D eigenvalue weighted by Gasteiger charge is 2.22. The van der Waals surface area contributed by atoms with Crippen LogP contribution in [0.15, 0.2) is 18.2 Å². The van der Waals surface area contributed by atoms with Crippen LogP contribution in [-0.4, -0.2) is 48.2 Å². The maximum absolute atomic E-state index is 12.3. The molecule has 0 bridgehead atoms. The van der Waals surface area contributed by atoms with E-state index in [-0.39, 0.29) is 30.7 Å². The lowest BCUT2D eigenvalue weighted by molar-refractivity contribution is -0.150. The Morgan fingerprint density at radius 2 is 1.93 bits per heavy atom. The number of carbonyl (C=O) groups is 2. The summed E-state index contributed by atoms with van der Waals surface area (Å²) in [6, 6.07) is 3.92. The summed E-state index contributed by atoms with van der Waals surface area (Å²) in [5.41, 5.74) is 1.84. The van der Waals surface area contributed by atoms with Gasteiger partial charge in [-0.05, 0) is 59.8 Å². The minimum absolute atomic E-state index is 0.0456. The number of amides is 1. The van der Waals surface area contributed by atoms with Crippen LogP contribution in [0.5, 0.6) is 11.5 Å². The van der Waals surface area contributed by atoms with Crippen molar-refractivity contribution in [3.8, 4) is 11.5 Å². The normalized spacial score (nSPS) is 15.6. The molecule has 0 saturated heterocycles. The third-order valence-electron chi connectivity index (χ3n) is 4.47. The quantitative estimate of drug-likeness (QED) is 0.502. The fraction of sp³-hybridized carbons (Fsp3) is 0.545. The molecule has 1 heterocycles. The third-order valence-corrected chi connectivity index (χ3v) is 4.47. The first-order chi connectivity index (χ1) is 13.2. The van der Waals surface area contributed by atoms with E-state index in [1.807, 2.05) is 53.7 Å². The van der Waals surface area contributed by atoms with E-state index in [9.17, 15) is 9.59 Å². The number of nitrogens with zero attached hydrogens (tertiary/aromatic N) is 1. The van der Waals surface area contributed by atoms with Crippen molar-refractivity contribution in [3.05, 3.63) is 29.3 Å². The van der Waals surface area contributed by atoms with E-state index < -0.39 is 5.97 Å². The van der Waals surface area contributed by atoms with E-state index in [2.05, 4.69) is 0 Å². The molecule has 0 radical (unpaired) electrons. The molecular formula is C22H31NO5. The highest BCUT2D eigenvalue weighted by Crippen LogP contribution is 2.35. The molecule has 6 nitrogen and oxygen atoms in total. The van der Waals surface area contributed by atoms with Crippen molar-refractivity contribution >= 4 is 18.0 Å². The Hall–Kier alpha value is -2.50. The van der Waals surface area contributed by atoms with Crippen molar-refractivity contribution < 1.29 is 23.8 Å². The van der Waals surface area contributed by atoms with Crippen LogP contribution < -0.4 is 9.47 Å². The SMILES string of the molecule is CCOc1cc2c(cc1/C=C/C(=O)OCC(=O)N(C(C)C)C(C)C)O[C@@H](C)C2. The van der Waals surface area contributed by atoms with Gasteiger partial charge in [0.1, 0.15) is 17.6 Å². The summed E-state index contributed by atoms with van der Waals surface area (Å²) in [4.78, 5) is 26.1. The van der Waals surface area contributed by atoms with Gasteiger partial charge in [-0.25, -0.2) is 4.79 Å². The lowest BCUT2D eigenvalue weighted by Crippen LogP contribution is -2.44. The summed E-state index contributed by atoms with van der Waals surface area (Å²) in [5.74, 6) is 0.730. The van der Waals surface area contributed by atoms with Gasteiger partial charge in [0.25, 0.3) is 5.91 Å². The van der Waals surface area contributed by atoms with E-state index >= 15 is 0 Å². The second-order valence-electron chi connectivity index (χ2n) is 7.49. The monoisotopic (exact) mass is 389 g/mol. The first kappa shape index (κ1) is 21.8. The van der Waals surface area contributed by atoms with Crippen LogP contribution in [0.1, 0.15) is 52.7 Å². The van der Waals surface area contributed by atoms with Gasteiger partial charge in [0.2, 0.25) is 0 Å². The lowest BCUT2D eigenvalue weighted by Gasteiger charge is -2.30. The van der Waals surface area contributed by atoms with Gasteiger partial charge in [-0.2, -0.15) is 0 Å². The standard InChI is InChI=1S/C22H31NO5/c1-7-26-19-12-18-10-16(6)28-20(18)11-17(19)8-9-22(25)27-13-21(24)23(14(2)3)15(4)5/h8-9,11-12,14-16H,7,10,13H2,1-6H3/b9-8+/t16-/m0/s1. The van der Waals surface area contributed by atoms with Gasteiger partial charge in [-0.15, -0.1) is 0 Å². The molecular weight excluding hydrogens is 358 g/mol. The summed E-state index contributed by atoms with van der Waals surface area (Å²) >= 11 is 0. The number of ether oxygens (including phenoxy) is 3. The molecule has 0 aliphatic carbocycles. The second-order valence-corrected chi connectivity index (χ2v) is 7.49. The zero-order valence-electron chi connectivity index (χ0n) is 17.7. The number of esters is 1. The van der Waals surface area contributed by atoms with Gasteiger partial charge in [0.05, 0.1) is 6.61 Å². The molecule has 0 N–H and O–H groups in total. The van der Waals surface area contributed by atoms with Crippen molar-refractivity contribution in [2.24, 2.45) is 0 Å². The molecule has 0 unspecified atom stereocenters. The number of benzene rings is 1. The van der Waals surface area contributed by atoms with Crippen molar-refractivity contribution in [1.29, 1.82) is 0 Å². The van der Waals surface area contributed by atoms with Crippen molar-refractivity contribution in [2.45, 2.75) is 66.2 Å². The number of hydrogen-bond donors (Lipinski definition) is 0. The minimum atomic E-state index is -0.571. The van der Waals surface area contributed by atoms with Gasteiger partial charge in [-0.3, -0.25) is 4.79 Å². The predicted octanol–water partition coefficient (Wildman–Crippen LogP) is 3.61. The fourth-order valence-corrected chi connectivity index (χ4v) is 3.45. The Labute approximate surface area is 167 Å². The maximum atomic E-state index is 12.3. The molecule has 1 aliphatic rings. The topological polar surface area (TPSA) is 65.1 Å². The Bertz CT molecular complexity index is 731. The highest BCUT2D eigenvalue weighted by atomic mass is 16.5. The number of rotatable bonds is 8. The Kier molecular flexibility index (Phi) is 7.49. The van der Waals surface area contributed by atoms with Crippen LogP contribution in [0.4, 0.5) is 0 Å². The van der Waals surface area contributed by atoms with Crippen molar-refractivity contribution in [2.75, 3.05) is 13.2 Å². The van der Waals surface area contributed by atoms with Gasteiger partial charge in [-0.1, -0.05) is 0 Å². The Morgan fingerprint density at radius 1 is 1.25 bits per heavy atom. The second kappa shape index (κ2) is 9.62. The molecule has 1 amide bonds. The molecule has 1 aliphatic heterocycles. The molecule has 0 saturated carbocycles. The molecule has 2 rings (SSSR count). The highest BCUT2D eigenvalue weighted by molar-refractivity contribution is 5.90. The van der Waals surface area contributed by atoms with Crippen LogP contribution in [0.3, 0.4) is 0 Å². The summed E-state index contributed by atoms with van der Waals surface area (Å²) in [6.07, 6.45) is 3.91. The summed E-state index contributed by atoms with van der Waals surface area (Å²) in [5, 5.41) is 0. The average molecular weight is 389 g/mol. The molecule has 28 heavy (non-hydrogen) atoms. The molecule has 154 valence electrons. The summed E-state index contributed by atoms with van der Waals surface area (Å²) < 4.78 is 16.6. The molecule has 1 aromatic rings. The third kappa shape index (κ3) is 5.50. The van der Waals surface area contributed by atoms with Gasteiger partial charge >= 0.3 is 5.97 Å². The van der Waals surface area contributed by atoms with E-state index in [0.29, 0.717) is 12.4 Å². The molecule has 1 atom stereocenters. The average Bonchev–Trinajstić information content (AvgIpc) is 2.96. The molecule has 0 aromatic heterocycles. The van der Waals surface area contributed by atoms with Crippen LogP contribution in [-0.2, 0) is 20.7 Å². The van der Waals surface area contributed by atoms with Crippen molar-refractivity contribution in [1.82, 2.24) is 4.90 Å². The predicted molar refractivity (Wildman–Crippen MR) is 109 cm³/mol. The zero-order chi connectivity index (χ0) is 20.8. The van der Waals surface area contributed by atoms with Crippen LogP contribution in [0.2, 0.25) is 0 Å². The van der Waals surface area contributed by atoms with E-state index in [4.69, 9.17) is 14.2 Å². The van der Waals surface area contributed by atoms with Gasteiger partial charge in [0.15, 0.2) is 6.61 Å². The molecule has 1 aromatic carbocycles. The smallest absolute Gasteiger partial charge is 0.331 e. The molecule has 0 fully saturated rings. The Balaban J connectivity index is 2.04. The largest absolute Gasteiger partial charge is 0.493 e. The van der Waals surface area contributed by atoms with E-state index in [0.717, 1.165) is 23.3 Å². The van der Waals surface area contributed by atoms with Gasteiger partial charge in [0, 0.05) is 35.7 Å². The van der Waals surface area contributed by atoms with Gasteiger partial charge < -0.3 is 19.1 Å². The minimum Gasteiger partial charge on any atom is -0.493 e. The van der Waals surface area contributed by atoms with Crippen LogP contribution in [0, 0.1) is 0 Å². The van der Waals surface area contributed by atoms with E-state index in [1.165, 1.54) is 6.08 Å². The summed E-state index contributed by atoms with van der Waals surface area (Å²) in [7, 11) is 0. The van der Waals surface area contributed by atoms with E-state index in [1.54, 1.807) is 11.0 Å². The van der Waals surface area contributed by atoms with Crippen LogP contribution >= 0.6 is 0 Å². The first-order valence-electron chi connectivity index (χ1n) is 9.85. The Morgan fingerprint density at radius 3 is 2.54 bits per heavy atom. The fourth-order valence-electron chi connectivity index (χ4n) is 3.45. The molecule has 0 spiro atoms. The first-order valence-corrected chi connectivity index (χ1v) is 9.85. The van der Waals surface area contributed by atoms with Crippen molar-refractivity contribution in [3.63, 3.8) is 0 Å².